The molecule has 0 atom stereocenters. The third-order valence-electron chi connectivity index (χ3n) is 4.91. The number of nitrogens with zero attached hydrogens (tertiary/aromatic N) is 2. The zero-order valence-corrected chi connectivity index (χ0v) is 20.0. The third kappa shape index (κ3) is 6.31. The summed E-state index contributed by atoms with van der Waals surface area (Å²) in [6.07, 6.45) is 1.71. The highest BCUT2D eigenvalue weighted by Gasteiger charge is 2.24. The number of hydrogen-bond acceptors (Lipinski definition) is 6. The molecule has 0 N–H and O–H groups in total. The molecule has 0 aliphatic heterocycles. The molecule has 1 heterocycles. The van der Waals surface area contributed by atoms with Gasteiger partial charge in [-0.05, 0) is 48.0 Å². The van der Waals surface area contributed by atoms with Crippen LogP contribution in [-0.2, 0) is 28.0 Å². The van der Waals surface area contributed by atoms with Crippen LogP contribution in [0.5, 0.6) is 5.75 Å². The summed E-state index contributed by atoms with van der Waals surface area (Å²) in [5.41, 5.74) is 1.56. The zero-order valence-electron chi connectivity index (χ0n) is 18.4. The Kier molecular flexibility index (Phi) is 8.43. The second kappa shape index (κ2) is 11.3. The molecule has 1 aromatic heterocycles. The predicted molar refractivity (Wildman–Crippen MR) is 126 cm³/mol. The second-order valence-corrected chi connectivity index (χ2v) is 9.41. The van der Waals surface area contributed by atoms with E-state index in [0.29, 0.717) is 25.4 Å². The highest BCUT2D eigenvalue weighted by molar-refractivity contribution is 7.89. The molecule has 2 aromatic carbocycles. The molecule has 33 heavy (non-hydrogen) atoms. The Balaban J connectivity index is 1.63. The topological polar surface area (TPSA) is 85.8 Å². The molecule has 0 spiro atoms. The Morgan fingerprint density at radius 3 is 2.36 bits per heavy atom. The summed E-state index contributed by atoms with van der Waals surface area (Å²) in [5, 5.41) is 0.122. The standard InChI is InChI=1S/C24H25ClN2O5S/c1-3-27(4-2)33(29,30)21-12-13-23(25)22(15-21)24(28)32-16-18-8-10-20(11-9-18)31-17-19-7-5-6-14-26-19/h5-15H,3-4,16-17H2,1-2H3. The normalized spacial score (nSPS) is 11.4. The lowest BCUT2D eigenvalue weighted by Gasteiger charge is -2.19. The van der Waals surface area contributed by atoms with Crippen LogP contribution in [0.4, 0.5) is 0 Å². The number of carbonyl (C=O) groups is 1. The van der Waals surface area contributed by atoms with E-state index in [1.165, 1.54) is 22.5 Å². The number of esters is 1. The summed E-state index contributed by atoms with van der Waals surface area (Å²) < 4.78 is 37.9. The maximum absolute atomic E-state index is 12.8. The fourth-order valence-electron chi connectivity index (χ4n) is 3.08. The minimum atomic E-state index is -3.72. The van der Waals surface area contributed by atoms with Crippen molar-refractivity contribution in [3.63, 3.8) is 0 Å². The molecular formula is C24H25ClN2O5S. The van der Waals surface area contributed by atoms with Crippen LogP contribution in [0.25, 0.3) is 0 Å². The summed E-state index contributed by atoms with van der Waals surface area (Å²) in [4.78, 5) is 16.8. The summed E-state index contributed by atoms with van der Waals surface area (Å²) in [6.45, 7) is 4.50. The monoisotopic (exact) mass is 488 g/mol. The van der Waals surface area contributed by atoms with Gasteiger partial charge in [-0.2, -0.15) is 4.31 Å². The molecule has 3 rings (SSSR count). The molecule has 174 valence electrons. The van der Waals surface area contributed by atoms with Crippen LogP contribution in [0.2, 0.25) is 5.02 Å². The van der Waals surface area contributed by atoms with E-state index in [-0.39, 0.29) is 22.1 Å². The first-order chi connectivity index (χ1) is 15.8. The molecule has 9 heteroatoms. The molecule has 0 saturated carbocycles. The Morgan fingerprint density at radius 2 is 1.73 bits per heavy atom. The molecule has 0 unspecified atom stereocenters. The van der Waals surface area contributed by atoms with Gasteiger partial charge >= 0.3 is 5.97 Å². The first-order valence-electron chi connectivity index (χ1n) is 10.4. The van der Waals surface area contributed by atoms with E-state index in [2.05, 4.69) is 4.98 Å². The van der Waals surface area contributed by atoms with Crippen molar-refractivity contribution in [3.05, 3.63) is 88.7 Å². The number of carbonyl (C=O) groups excluding carboxylic acids is 1. The van der Waals surface area contributed by atoms with Crippen LogP contribution < -0.4 is 4.74 Å². The van der Waals surface area contributed by atoms with Crippen LogP contribution in [0.3, 0.4) is 0 Å². The highest BCUT2D eigenvalue weighted by atomic mass is 35.5. The van der Waals surface area contributed by atoms with Gasteiger partial charge in [-0.1, -0.05) is 43.6 Å². The first kappa shape index (κ1) is 24.7. The molecule has 0 saturated heterocycles. The van der Waals surface area contributed by atoms with Gasteiger partial charge in [0.15, 0.2) is 0 Å². The number of benzene rings is 2. The molecular weight excluding hydrogens is 464 g/mol. The van der Waals surface area contributed by atoms with Crippen molar-refractivity contribution < 1.29 is 22.7 Å². The van der Waals surface area contributed by atoms with Crippen LogP contribution in [0.15, 0.2) is 71.8 Å². The number of rotatable bonds is 10. The van der Waals surface area contributed by atoms with E-state index in [1.54, 1.807) is 44.3 Å². The van der Waals surface area contributed by atoms with Gasteiger partial charge in [-0.3, -0.25) is 4.98 Å². The van der Waals surface area contributed by atoms with Crippen molar-refractivity contribution in [2.24, 2.45) is 0 Å². The number of aromatic nitrogens is 1. The van der Waals surface area contributed by atoms with Gasteiger partial charge in [0.05, 0.1) is 21.2 Å². The second-order valence-electron chi connectivity index (χ2n) is 7.06. The SMILES string of the molecule is CCN(CC)S(=O)(=O)c1ccc(Cl)c(C(=O)OCc2ccc(OCc3ccccn3)cc2)c1. The molecule has 0 radical (unpaired) electrons. The number of ether oxygens (including phenoxy) is 2. The number of halogens is 1. The minimum absolute atomic E-state index is 0.000197. The van der Waals surface area contributed by atoms with Gasteiger partial charge in [0.1, 0.15) is 19.0 Å². The van der Waals surface area contributed by atoms with Gasteiger partial charge in [0, 0.05) is 19.3 Å². The fourth-order valence-corrected chi connectivity index (χ4v) is 4.76. The number of hydrogen-bond donors (Lipinski definition) is 0. The van der Waals surface area contributed by atoms with Gasteiger partial charge in [0.25, 0.3) is 0 Å². The van der Waals surface area contributed by atoms with E-state index in [4.69, 9.17) is 21.1 Å². The number of pyridine rings is 1. The molecule has 0 amide bonds. The van der Waals surface area contributed by atoms with Crippen LogP contribution in [0.1, 0.15) is 35.5 Å². The summed E-state index contributed by atoms with van der Waals surface area (Å²) in [5.74, 6) is -0.0415. The smallest absolute Gasteiger partial charge is 0.340 e. The van der Waals surface area contributed by atoms with E-state index in [0.717, 1.165) is 11.3 Å². The molecule has 0 aliphatic rings. The predicted octanol–water partition coefficient (Wildman–Crippen LogP) is 4.70. The molecule has 0 fully saturated rings. The lowest BCUT2D eigenvalue weighted by molar-refractivity contribution is 0.0472. The van der Waals surface area contributed by atoms with Crippen LogP contribution >= 0.6 is 11.6 Å². The largest absolute Gasteiger partial charge is 0.487 e. The maximum Gasteiger partial charge on any atom is 0.340 e. The zero-order chi connectivity index (χ0) is 23.8. The van der Waals surface area contributed by atoms with E-state index in [1.807, 2.05) is 18.2 Å². The van der Waals surface area contributed by atoms with Crippen molar-refractivity contribution in [2.75, 3.05) is 13.1 Å². The van der Waals surface area contributed by atoms with E-state index < -0.39 is 16.0 Å². The molecule has 0 aliphatic carbocycles. The van der Waals surface area contributed by atoms with Crippen molar-refractivity contribution >= 4 is 27.6 Å². The van der Waals surface area contributed by atoms with Gasteiger partial charge in [-0.25, -0.2) is 13.2 Å². The third-order valence-corrected chi connectivity index (χ3v) is 7.28. The quantitative estimate of drug-likeness (QED) is 0.384. The van der Waals surface area contributed by atoms with Crippen molar-refractivity contribution in [3.8, 4) is 5.75 Å². The van der Waals surface area contributed by atoms with Crippen LogP contribution in [-0.4, -0.2) is 36.8 Å². The first-order valence-corrected chi connectivity index (χ1v) is 12.3. The highest BCUT2D eigenvalue weighted by Crippen LogP contribution is 2.24. The average Bonchev–Trinajstić information content (AvgIpc) is 2.83. The minimum Gasteiger partial charge on any atom is -0.487 e. The van der Waals surface area contributed by atoms with Crippen molar-refractivity contribution in [1.82, 2.24) is 9.29 Å². The Labute approximate surface area is 199 Å². The van der Waals surface area contributed by atoms with Crippen molar-refractivity contribution in [1.29, 1.82) is 0 Å². The Bertz CT molecular complexity index is 1180. The summed E-state index contributed by atoms with van der Waals surface area (Å²) >= 11 is 6.15. The molecule has 3 aromatic rings. The summed E-state index contributed by atoms with van der Waals surface area (Å²) in [7, 11) is -3.72. The van der Waals surface area contributed by atoms with Gasteiger partial charge < -0.3 is 9.47 Å². The van der Waals surface area contributed by atoms with E-state index >= 15 is 0 Å². The van der Waals surface area contributed by atoms with Crippen molar-refractivity contribution in [2.45, 2.75) is 32.0 Å². The molecule has 0 bridgehead atoms. The lowest BCUT2D eigenvalue weighted by atomic mass is 10.2. The number of sulfonamides is 1. The van der Waals surface area contributed by atoms with Gasteiger partial charge in [-0.15, -0.1) is 0 Å². The van der Waals surface area contributed by atoms with E-state index in [9.17, 15) is 13.2 Å². The maximum atomic E-state index is 12.8. The Morgan fingerprint density at radius 1 is 1.00 bits per heavy atom. The van der Waals surface area contributed by atoms with Crippen LogP contribution in [0, 0.1) is 0 Å². The van der Waals surface area contributed by atoms with Gasteiger partial charge in [0.2, 0.25) is 10.0 Å². The Hall–Kier alpha value is -2.94. The summed E-state index contributed by atoms with van der Waals surface area (Å²) in [6, 6.07) is 16.8. The fraction of sp³-hybridized carbons (Fsp3) is 0.250. The average molecular weight is 489 g/mol. The lowest BCUT2D eigenvalue weighted by Crippen LogP contribution is -2.30. The molecule has 7 nitrogen and oxygen atoms in total.